The molecule has 3 rings (SSSR count). The Kier molecular flexibility index (Phi) is 4.08. The Morgan fingerprint density at radius 1 is 1.10 bits per heavy atom. The van der Waals surface area contributed by atoms with E-state index in [1.54, 1.807) is 0 Å². The third kappa shape index (κ3) is 3.15. The van der Waals surface area contributed by atoms with Crippen molar-refractivity contribution in [2.24, 2.45) is 23.0 Å². The molecule has 4 unspecified atom stereocenters. The largest absolute Gasteiger partial charge is 0.339 e. The van der Waals surface area contributed by atoms with Gasteiger partial charge in [0.15, 0.2) is 5.82 Å². The highest BCUT2D eigenvalue weighted by atomic mass is 16.5. The average molecular weight is 291 g/mol. The molecule has 2 saturated carbocycles. The van der Waals surface area contributed by atoms with Crippen LogP contribution in [0.5, 0.6) is 0 Å². The molecule has 4 atom stereocenters. The zero-order chi connectivity index (χ0) is 15.0. The quantitative estimate of drug-likeness (QED) is 0.887. The number of rotatable bonds is 2. The monoisotopic (exact) mass is 291 g/mol. The van der Waals surface area contributed by atoms with Gasteiger partial charge in [-0.25, -0.2) is 0 Å². The highest BCUT2D eigenvalue weighted by Crippen LogP contribution is 2.45. The minimum atomic E-state index is -0.166. The third-order valence-electron chi connectivity index (χ3n) is 5.56. The van der Waals surface area contributed by atoms with Crippen LogP contribution in [0.1, 0.15) is 89.4 Å². The molecule has 0 spiro atoms. The van der Waals surface area contributed by atoms with Crippen molar-refractivity contribution in [2.45, 2.75) is 77.7 Å². The average Bonchev–Trinajstić information content (AvgIpc) is 2.94. The van der Waals surface area contributed by atoms with E-state index in [1.165, 1.54) is 44.9 Å². The third-order valence-corrected chi connectivity index (χ3v) is 5.56. The SMILES string of the molecule is CC(C)(C)C(N)c1noc(C2CCC3CCCCC3C2)n1. The summed E-state index contributed by atoms with van der Waals surface area (Å²) in [4.78, 5) is 4.64. The maximum Gasteiger partial charge on any atom is 0.229 e. The molecule has 0 radical (unpaired) electrons. The molecule has 4 heteroatoms. The summed E-state index contributed by atoms with van der Waals surface area (Å²) >= 11 is 0. The first-order chi connectivity index (χ1) is 9.95. The standard InChI is InChI=1S/C17H29N3O/c1-17(2,3)14(18)15-19-16(21-20-15)13-9-8-11-6-4-5-7-12(11)10-13/h11-14H,4-10,18H2,1-3H3. The summed E-state index contributed by atoms with van der Waals surface area (Å²) in [6, 6.07) is -0.166. The summed E-state index contributed by atoms with van der Waals surface area (Å²) in [5.41, 5.74) is 6.20. The zero-order valence-corrected chi connectivity index (χ0v) is 13.6. The summed E-state index contributed by atoms with van der Waals surface area (Å²) in [6.07, 6.45) is 9.42. The highest BCUT2D eigenvalue weighted by molar-refractivity contribution is 5.03. The number of hydrogen-bond donors (Lipinski definition) is 1. The highest BCUT2D eigenvalue weighted by Gasteiger charge is 2.35. The molecule has 2 fully saturated rings. The summed E-state index contributed by atoms with van der Waals surface area (Å²) in [5.74, 6) is 3.79. The van der Waals surface area contributed by atoms with Crippen molar-refractivity contribution in [3.05, 3.63) is 11.7 Å². The molecular weight excluding hydrogens is 262 g/mol. The lowest BCUT2D eigenvalue weighted by molar-refractivity contribution is 0.142. The Labute approximate surface area is 127 Å². The smallest absolute Gasteiger partial charge is 0.229 e. The topological polar surface area (TPSA) is 64.9 Å². The first kappa shape index (κ1) is 15.0. The van der Waals surface area contributed by atoms with Gasteiger partial charge in [-0.1, -0.05) is 51.6 Å². The van der Waals surface area contributed by atoms with Gasteiger partial charge in [-0.2, -0.15) is 4.98 Å². The van der Waals surface area contributed by atoms with Gasteiger partial charge in [-0.05, 0) is 36.5 Å². The second-order valence-corrected chi connectivity index (χ2v) is 8.15. The normalized spacial score (nSPS) is 31.7. The molecular formula is C17H29N3O. The van der Waals surface area contributed by atoms with Crippen LogP contribution in [0.25, 0.3) is 0 Å². The maximum atomic E-state index is 6.24. The Morgan fingerprint density at radius 2 is 1.81 bits per heavy atom. The van der Waals surface area contributed by atoms with Crippen molar-refractivity contribution in [1.29, 1.82) is 0 Å². The molecule has 0 amide bonds. The summed E-state index contributed by atoms with van der Waals surface area (Å²) in [7, 11) is 0. The van der Waals surface area contributed by atoms with Gasteiger partial charge < -0.3 is 10.3 Å². The molecule has 118 valence electrons. The fourth-order valence-electron chi connectivity index (χ4n) is 4.02. The number of nitrogens with two attached hydrogens (primary N) is 1. The van der Waals surface area contributed by atoms with Crippen LogP contribution >= 0.6 is 0 Å². The van der Waals surface area contributed by atoms with Gasteiger partial charge >= 0.3 is 0 Å². The second kappa shape index (κ2) is 5.71. The lowest BCUT2D eigenvalue weighted by atomic mass is 9.67. The Hall–Kier alpha value is -0.900. The van der Waals surface area contributed by atoms with Crippen LogP contribution in [0, 0.1) is 17.3 Å². The number of nitrogens with zero attached hydrogens (tertiary/aromatic N) is 2. The summed E-state index contributed by atoms with van der Waals surface area (Å²) < 4.78 is 5.56. The van der Waals surface area contributed by atoms with E-state index in [0.29, 0.717) is 11.7 Å². The summed E-state index contributed by atoms with van der Waals surface area (Å²) in [5, 5.41) is 4.15. The number of hydrogen-bond acceptors (Lipinski definition) is 4. The molecule has 21 heavy (non-hydrogen) atoms. The van der Waals surface area contributed by atoms with E-state index >= 15 is 0 Å². The van der Waals surface area contributed by atoms with E-state index in [-0.39, 0.29) is 11.5 Å². The minimum absolute atomic E-state index is 0.0395. The molecule has 2 N–H and O–H groups in total. The van der Waals surface area contributed by atoms with Crippen LogP contribution in [-0.2, 0) is 0 Å². The molecule has 2 aliphatic carbocycles. The fraction of sp³-hybridized carbons (Fsp3) is 0.882. The van der Waals surface area contributed by atoms with Crippen molar-refractivity contribution in [3.8, 4) is 0 Å². The van der Waals surface area contributed by atoms with Crippen LogP contribution in [0.15, 0.2) is 4.52 Å². The van der Waals surface area contributed by atoms with E-state index in [9.17, 15) is 0 Å². The first-order valence-corrected chi connectivity index (χ1v) is 8.54. The molecule has 0 aromatic carbocycles. The molecule has 1 heterocycles. The second-order valence-electron chi connectivity index (χ2n) is 8.15. The van der Waals surface area contributed by atoms with Gasteiger partial charge in [0, 0.05) is 5.92 Å². The molecule has 4 nitrogen and oxygen atoms in total. The van der Waals surface area contributed by atoms with Crippen molar-refractivity contribution < 1.29 is 4.52 Å². The van der Waals surface area contributed by atoms with Crippen LogP contribution in [0.2, 0.25) is 0 Å². The van der Waals surface area contributed by atoms with Crippen LogP contribution in [0.3, 0.4) is 0 Å². The zero-order valence-electron chi connectivity index (χ0n) is 13.6. The van der Waals surface area contributed by atoms with Gasteiger partial charge in [-0.3, -0.25) is 0 Å². The first-order valence-electron chi connectivity index (χ1n) is 8.54. The number of aromatic nitrogens is 2. The van der Waals surface area contributed by atoms with Crippen molar-refractivity contribution in [2.75, 3.05) is 0 Å². The van der Waals surface area contributed by atoms with E-state index in [1.807, 2.05) is 0 Å². The van der Waals surface area contributed by atoms with Gasteiger partial charge in [0.05, 0.1) is 6.04 Å². The molecule has 1 aromatic heterocycles. The lowest BCUT2D eigenvalue weighted by Gasteiger charge is -2.38. The molecule has 2 aliphatic rings. The van der Waals surface area contributed by atoms with Crippen LogP contribution in [0.4, 0.5) is 0 Å². The van der Waals surface area contributed by atoms with Crippen molar-refractivity contribution >= 4 is 0 Å². The Morgan fingerprint density at radius 3 is 2.52 bits per heavy atom. The molecule has 1 aromatic rings. The Bertz CT molecular complexity index is 477. The molecule has 0 aliphatic heterocycles. The maximum absolute atomic E-state index is 6.24. The lowest BCUT2D eigenvalue weighted by Crippen LogP contribution is -2.28. The molecule has 0 bridgehead atoms. The van der Waals surface area contributed by atoms with E-state index in [0.717, 1.165) is 17.7 Å². The number of fused-ring (bicyclic) bond motifs is 1. The predicted octanol–water partition coefficient (Wildman–Crippen LogP) is 4.19. The van der Waals surface area contributed by atoms with Crippen molar-refractivity contribution in [1.82, 2.24) is 10.1 Å². The van der Waals surface area contributed by atoms with Crippen molar-refractivity contribution in [3.63, 3.8) is 0 Å². The predicted molar refractivity (Wildman–Crippen MR) is 82.7 cm³/mol. The van der Waals surface area contributed by atoms with E-state index in [4.69, 9.17) is 10.3 Å². The van der Waals surface area contributed by atoms with Gasteiger partial charge in [0.2, 0.25) is 5.89 Å². The van der Waals surface area contributed by atoms with Crippen LogP contribution < -0.4 is 5.73 Å². The van der Waals surface area contributed by atoms with E-state index < -0.39 is 0 Å². The van der Waals surface area contributed by atoms with Gasteiger partial charge in [0.25, 0.3) is 0 Å². The Balaban J connectivity index is 1.69. The van der Waals surface area contributed by atoms with Gasteiger partial charge in [-0.15, -0.1) is 0 Å². The minimum Gasteiger partial charge on any atom is -0.339 e. The fourth-order valence-corrected chi connectivity index (χ4v) is 4.02. The summed E-state index contributed by atoms with van der Waals surface area (Å²) in [6.45, 7) is 6.34. The van der Waals surface area contributed by atoms with Crippen LogP contribution in [-0.4, -0.2) is 10.1 Å². The molecule has 0 saturated heterocycles. The van der Waals surface area contributed by atoms with Gasteiger partial charge in [0.1, 0.15) is 0 Å². The van der Waals surface area contributed by atoms with E-state index in [2.05, 4.69) is 30.9 Å².